The molecule has 25 heavy (non-hydrogen) atoms. The van der Waals surface area contributed by atoms with E-state index >= 15 is 0 Å². The minimum atomic E-state index is -0.569. The molecule has 0 unspecified atom stereocenters. The van der Waals surface area contributed by atoms with Crippen molar-refractivity contribution in [2.75, 3.05) is 31.2 Å². The average Bonchev–Trinajstić information content (AvgIpc) is 2.64. The molecule has 1 saturated heterocycles. The van der Waals surface area contributed by atoms with Gasteiger partial charge in [-0.05, 0) is 24.3 Å². The number of rotatable bonds is 3. The van der Waals surface area contributed by atoms with Crippen molar-refractivity contribution in [2.45, 2.75) is 0 Å². The Morgan fingerprint density at radius 3 is 2.80 bits per heavy atom. The lowest BCUT2D eigenvalue weighted by Gasteiger charge is -2.28. The Kier molecular flexibility index (Phi) is 5.12. The van der Waals surface area contributed by atoms with E-state index in [2.05, 4.69) is 9.98 Å². The lowest BCUT2D eigenvalue weighted by Crippen LogP contribution is -2.36. The minimum Gasteiger partial charge on any atom is -0.504 e. The number of aliphatic imine (C=N–C) groups is 1. The molecule has 0 aliphatic carbocycles. The van der Waals surface area contributed by atoms with Crippen LogP contribution in [0.3, 0.4) is 0 Å². The number of nitriles is 1. The van der Waals surface area contributed by atoms with E-state index in [1.165, 1.54) is 30.5 Å². The molecule has 2 heterocycles. The van der Waals surface area contributed by atoms with Crippen LogP contribution in [0.2, 0.25) is 5.02 Å². The molecule has 1 fully saturated rings. The Bertz CT molecular complexity index is 860. The monoisotopic (exact) mass is 360 g/mol. The first kappa shape index (κ1) is 17.1. The zero-order chi connectivity index (χ0) is 17.8. The van der Waals surface area contributed by atoms with Crippen molar-refractivity contribution < 1.29 is 14.2 Å². The second-order valence-electron chi connectivity index (χ2n) is 5.30. The van der Waals surface area contributed by atoms with E-state index in [0.29, 0.717) is 37.8 Å². The molecule has 0 saturated carbocycles. The highest BCUT2D eigenvalue weighted by atomic mass is 35.5. The first-order valence-corrected chi connectivity index (χ1v) is 7.93. The summed E-state index contributed by atoms with van der Waals surface area (Å²) in [6.07, 6.45) is 1.50. The van der Waals surface area contributed by atoms with Gasteiger partial charge in [0.25, 0.3) is 0 Å². The number of hydrogen-bond acceptors (Lipinski definition) is 6. The van der Waals surface area contributed by atoms with Crippen molar-refractivity contribution >= 4 is 28.8 Å². The third kappa shape index (κ3) is 3.71. The van der Waals surface area contributed by atoms with Crippen molar-refractivity contribution in [3.8, 4) is 11.8 Å². The number of nitrogens with zero attached hydrogens (tertiary/aromatic N) is 4. The van der Waals surface area contributed by atoms with Crippen LogP contribution in [-0.4, -0.2) is 42.1 Å². The summed E-state index contributed by atoms with van der Waals surface area (Å²) < 4.78 is 18.5. The number of ether oxygens (including phenoxy) is 1. The van der Waals surface area contributed by atoms with Gasteiger partial charge in [-0.3, -0.25) is 0 Å². The third-order valence-electron chi connectivity index (χ3n) is 3.72. The molecule has 1 aromatic carbocycles. The summed E-state index contributed by atoms with van der Waals surface area (Å²) in [5.74, 6) is -0.320. The maximum atomic E-state index is 13.3. The van der Waals surface area contributed by atoms with Crippen LogP contribution in [0.15, 0.2) is 35.5 Å². The Balaban J connectivity index is 1.99. The van der Waals surface area contributed by atoms with Gasteiger partial charge >= 0.3 is 0 Å². The number of pyridine rings is 1. The first-order valence-electron chi connectivity index (χ1n) is 7.55. The van der Waals surface area contributed by atoms with Gasteiger partial charge in [0.2, 0.25) is 0 Å². The number of hydrogen-bond donors (Lipinski definition) is 1. The van der Waals surface area contributed by atoms with Gasteiger partial charge in [0.05, 0.1) is 29.5 Å². The van der Waals surface area contributed by atoms with Crippen LogP contribution in [-0.2, 0) is 4.74 Å². The van der Waals surface area contributed by atoms with Crippen molar-refractivity contribution in [1.82, 2.24) is 4.98 Å². The van der Waals surface area contributed by atoms with Crippen molar-refractivity contribution in [3.63, 3.8) is 0 Å². The number of aromatic nitrogens is 1. The lowest BCUT2D eigenvalue weighted by atomic mass is 10.1. The van der Waals surface area contributed by atoms with E-state index < -0.39 is 5.82 Å². The van der Waals surface area contributed by atoms with Crippen molar-refractivity contribution in [1.29, 1.82) is 5.26 Å². The van der Waals surface area contributed by atoms with E-state index in [9.17, 15) is 14.8 Å². The highest BCUT2D eigenvalue weighted by Crippen LogP contribution is 2.30. The molecular formula is C17H14ClFN4O2. The number of morpholine rings is 1. The summed E-state index contributed by atoms with van der Waals surface area (Å²) in [5.41, 5.74) is 0.545. The van der Waals surface area contributed by atoms with Crippen LogP contribution in [0.1, 0.15) is 5.56 Å². The zero-order valence-electron chi connectivity index (χ0n) is 13.1. The third-order valence-corrected chi connectivity index (χ3v) is 4.01. The second kappa shape index (κ2) is 7.47. The normalized spacial score (nSPS) is 15.1. The quantitative estimate of drug-likeness (QED) is 0.851. The van der Waals surface area contributed by atoms with E-state index in [0.717, 1.165) is 0 Å². The van der Waals surface area contributed by atoms with Gasteiger partial charge < -0.3 is 14.7 Å². The Hall–Kier alpha value is -2.69. The van der Waals surface area contributed by atoms with Crippen LogP contribution in [0, 0.1) is 17.1 Å². The highest BCUT2D eigenvalue weighted by Gasteiger charge is 2.20. The van der Waals surface area contributed by atoms with Gasteiger partial charge in [-0.1, -0.05) is 11.6 Å². The number of halogens is 2. The second-order valence-corrected chi connectivity index (χ2v) is 5.71. The van der Waals surface area contributed by atoms with Gasteiger partial charge in [-0.2, -0.15) is 5.26 Å². The number of anilines is 1. The largest absolute Gasteiger partial charge is 0.504 e. The average molecular weight is 361 g/mol. The van der Waals surface area contributed by atoms with Crippen LogP contribution in [0.25, 0.3) is 0 Å². The zero-order valence-corrected chi connectivity index (χ0v) is 13.9. The summed E-state index contributed by atoms with van der Waals surface area (Å²) in [6.45, 7) is 2.27. The van der Waals surface area contributed by atoms with E-state index in [-0.39, 0.29) is 22.0 Å². The summed E-state index contributed by atoms with van der Waals surface area (Å²) in [7, 11) is 0. The lowest BCUT2D eigenvalue weighted by molar-refractivity contribution is 0.122. The maximum absolute atomic E-state index is 13.3. The van der Waals surface area contributed by atoms with Gasteiger partial charge in [0, 0.05) is 19.3 Å². The molecule has 0 spiro atoms. The molecule has 1 aliphatic heterocycles. The molecule has 3 rings (SSSR count). The summed E-state index contributed by atoms with van der Waals surface area (Å²) in [5, 5.41) is 19.9. The van der Waals surface area contributed by atoms with Gasteiger partial charge in [-0.25, -0.2) is 14.4 Å². The molecule has 0 bridgehead atoms. The Morgan fingerprint density at radius 2 is 2.12 bits per heavy atom. The maximum Gasteiger partial charge on any atom is 0.172 e. The molecule has 1 aliphatic rings. The molecule has 8 heteroatoms. The molecular weight excluding hydrogens is 347 g/mol. The van der Waals surface area contributed by atoms with Gasteiger partial charge in [0.15, 0.2) is 17.3 Å². The van der Waals surface area contributed by atoms with Gasteiger partial charge in [0.1, 0.15) is 11.9 Å². The standard InChI is InChI=1S/C17H14ClFN4O2/c18-13-9-11(1-2-14(13)19)22-15(10-20)12-3-4-21-17(16(12)24)23-5-7-25-8-6-23/h1-4,9,24H,5-8H2. The van der Waals surface area contributed by atoms with Gasteiger partial charge in [-0.15, -0.1) is 0 Å². The predicted molar refractivity (Wildman–Crippen MR) is 92.2 cm³/mol. The van der Waals surface area contributed by atoms with Crippen LogP contribution >= 0.6 is 11.6 Å². The predicted octanol–water partition coefficient (Wildman–Crippen LogP) is 3.06. The number of benzene rings is 1. The summed E-state index contributed by atoms with van der Waals surface area (Å²) in [6, 6.07) is 7.35. The summed E-state index contributed by atoms with van der Waals surface area (Å²) in [4.78, 5) is 10.2. The Morgan fingerprint density at radius 1 is 1.36 bits per heavy atom. The molecule has 2 aromatic rings. The molecule has 0 atom stereocenters. The number of aromatic hydroxyl groups is 1. The van der Waals surface area contributed by atoms with E-state index in [4.69, 9.17) is 16.3 Å². The molecule has 1 aromatic heterocycles. The topological polar surface area (TPSA) is 81.7 Å². The SMILES string of the molecule is N#CC(=Nc1ccc(F)c(Cl)c1)c1ccnc(N2CCOCC2)c1O. The summed E-state index contributed by atoms with van der Waals surface area (Å²) >= 11 is 5.74. The van der Waals surface area contributed by atoms with E-state index in [1.807, 2.05) is 11.0 Å². The molecule has 1 N–H and O–H groups in total. The van der Waals surface area contributed by atoms with E-state index in [1.54, 1.807) is 0 Å². The molecule has 128 valence electrons. The smallest absolute Gasteiger partial charge is 0.172 e. The fourth-order valence-corrected chi connectivity index (χ4v) is 2.64. The van der Waals surface area contributed by atoms with Crippen LogP contribution < -0.4 is 4.90 Å². The fourth-order valence-electron chi connectivity index (χ4n) is 2.47. The molecule has 0 radical (unpaired) electrons. The fraction of sp³-hybridized carbons (Fsp3) is 0.235. The highest BCUT2D eigenvalue weighted by molar-refractivity contribution is 6.31. The first-order chi connectivity index (χ1) is 12.1. The van der Waals surface area contributed by atoms with Crippen molar-refractivity contribution in [2.24, 2.45) is 4.99 Å². The Labute approximate surface area is 148 Å². The molecule has 6 nitrogen and oxygen atoms in total. The molecule has 0 amide bonds. The van der Waals surface area contributed by atoms with Crippen LogP contribution in [0.4, 0.5) is 15.9 Å². The van der Waals surface area contributed by atoms with Crippen LogP contribution in [0.5, 0.6) is 5.75 Å². The van der Waals surface area contributed by atoms with Crippen molar-refractivity contribution in [3.05, 3.63) is 46.9 Å². The minimum absolute atomic E-state index is 0.0166.